The molecule has 0 atom stereocenters. The minimum atomic E-state index is -0.0370. The van der Waals surface area contributed by atoms with Gasteiger partial charge >= 0.3 is 0 Å². The van der Waals surface area contributed by atoms with Crippen LogP contribution in [0.5, 0.6) is 0 Å². The van der Waals surface area contributed by atoms with E-state index in [1.807, 2.05) is 11.3 Å². The van der Waals surface area contributed by atoms with Crippen LogP contribution in [0.1, 0.15) is 25.0 Å². The number of benzene rings is 9. The Bertz CT molecular complexity index is 3090. The van der Waals surface area contributed by atoms with Gasteiger partial charge in [-0.25, -0.2) is 0 Å². The highest BCUT2D eigenvalue weighted by Gasteiger charge is 2.35. The first-order valence-electron chi connectivity index (χ1n) is 18.4. The highest BCUT2D eigenvalue weighted by molar-refractivity contribution is 7.25. The number of rotatable bonds is 4. The number of hydrogen-bond acceptors (Lipinski definition) is 2. The maximum atomic E-state index is 2.43. The van der Waals surface area contributed by atoms with Crippen molar-refractivity contribution in [2.24, 2.45) is 0 Å². The summed E-state index contributed by atoms with van der Waals surface area (Å²) in [6, 6.07) is 65.5. The maximum Gasteiger partial charge on any atom is 0.0468 e. The maximum absolute atomic E-state index is 2.43. The van der Waals surface area contributed by atoms with Crippen LogP contribution in [0.3, 0.4) is 0 Å². The monoisotopic (exact) mass is 693 g/mol. The molecule has 0 unspecified atom stereocenters. The van der Waals surface area contributed by atoms with Gasteiger partial charge in [-0.15, -0.1) is 11.3 Å². The van der Waals surface area contributed by atoms with E-state index in [0.717, 1.165) is 17.1 Å². The average Bonchev–Trinajstić information content (AvgIpc) is 3.69. The zero-order valence-electron chi connectivity index (χ0n) is 29.6. The third-order valence-corrected chi connectivity index (χ3v) is 12.8. The van der Waals surface area contributed by atoms with Gasteiger partial charge in [-0.2, -0.15) is 0 Å². The first-order chi connectivity index (χ1) is 26.0. The Balaban J connectivity index is 1.05. The summed E-state index contributed by atoms with van der Waals surface area (Å²) in [5.41, 5.74) is 11.3. The van der Waals surface area contributed by atoms with Crippen LogP contribution in [-0.4, -0.2) is 0 Å². The summed E-state index contributed by atoms with van der Waals surface area (Å²) in [4.78, 5) is 2.43. The Morgan fingerprint density at radius 3 is 1.91 bits per heavy atom. The molecular weight excluding hydrogens is 659 g/mol. The van der Waals surface area contributed by atoms with Crippen molar-refractivity contribution in [3.63, 3.8) is 0 Å². The summed E-state index contributed by atoms with van der Waals surface area (Å²) < 4.78 is 2.63. The van der Waals surface area contributed by atoms with Gasteiger partial charge in [0.05, 0.1) is 0 Å². The molecule has 0 aliphatic heterocycles. The van der Waals surface area contributed by atoms with Crippen molar-refractivity contribution in [3.8, 4) is 22.3 Å². The highest BCUT2D eigenvalue weighted by atomic mass is 32.1. The predicted octanol–water partition coefficient (Wildman–Crippen LogP) is 15.0. The summed E-state index contributed by atoms with van der Waals surface area (Å²) in [7, 11) is 0. The van der Waals surface area contributed by atoms with Crippen LogP contribution in [0.4, 0.5) is 17.1 Å². The lowest BCUT2D eigenvalue weighted by Crippen LogP contribution is -2.15. The van der Waals surface area contributed by atoms with E-state index in [1.54, 1.807) is 0 Å². The molecule has 0 saturated heterocycles. The number of hydrogen-bond donors (Lipinski definition) is 0. The molecule has 1 aliphatic rings. The highest BCUT2D eigenvalue weighted by Crippen LogP contribution is 2.51. The second-order valence-corrected chi connectivity index (χ2v) is 16.0. The van der Waals surface area contributed by atoms with Gasteiger partial charge in [-0.3, -0.25) is 0 Å². The number of thiophene rings is 1. The molecule has 250 valence electrons. The first-order valence-corrected chi connectivity index (χ1v) is 19.2. The van der Waals surface area contributed by atoms with Gasteiger partial charge in [-0.1, -0.05) is 135 Å². The molecule has 0 amide bonds. The molecule has 0 fully saturated rings. The van der Waals surface area contributed by atoms with E-state index in [2.05, 4.69) is 195 Å². The van der Waals surface area contributed by atoms with Crippen molar-refractivity contribution in [1.82, 2.24) is 0 Å². The Labute approximate surface area is 313 Å². The molecular formula is C51H35NS. The minimum Gasteiger partial charge on any atom is -0.310 e. The van der Waals surface area contributed by atoms with E-state index in [4.69, 9.17) is 0 Å². The van der Waals surface area contributed by atoms with Gasteiger partial charge in [0, 0.05) is 42.6 Å². The summed E-state index contributed by atoms with van der Waals surface area (Å²) in [6.07, 6.45) is 0. The molecule has 0 radical (unpaired) electrons. The molecule has 0 spiro atoms. The lowest BCUT2D eigenvalue weighted by molar-refractivity contribution is 0.660. The van der Waals surface area contributed by atoms with Crippen LogP contribution < -0.4 is 4.90 Å². The second-order valence-electron chi connectivity index (χ2n) is 14.9. The predicted molar refractivity (Wildman–Crippen MR) is 230 cm³/mol. The molecule has 11 rings (SSSR count). The van der Waals surface area contributed by atoms with Crippen LogP contribution in [0.2, 0.25) is 0 Å². The van der Waals surface area contributed by atoms with Crippen LogP contribution in [0.25, 0.3) is 74.7 Å². The molecule has 10 aromatic rings. The van der Waals surface area contributed by atoms with Gasteiger partial charge in [-0.05, 0) is 120 Å². The van der Waals surface area contributed by atoms with Crippen LogP contribution >= 0.6 is 11.3 Å². The summed E-state index contributed by atoms with van der Waals surface area (Å²) >= 11 is 1.86. The van der Waals surface area contributed by atoms with Crippen molar-refractivity contribution in [2.45, 2.75) is 19.3 Å². The van der Waals surface area contributed by atoms with Crippen molar-refractivity contribution in [2.75, 3.05) is 4.90 Å². The smallest absolute Gasteiger partial charge is 0.0468 e. The Morgan fingerprint density at radius 2 is 1.02 bits per heavy atom. The molecule has 0 N–H and O–H groups in total. The molecule has 1 aliphatic carbocycles. The summed E-state index contributed by atoms with van der Waals surface area (Å²) in [5.74, 6) is 0. The summed E-state index contributed by atoms with van der Waals surface area (Å²) in [6.45, 7) is 4.70. The van der Waals surface area contributed by atoms with Gasteiger partial charge in [0.25, 0.3) is 0 Å². The SMILES string of the molecule is CC1(C)c2ccccc2-c2cc(N(c3ccc(-c4ccc5c(ccc6ccc7ccccc7c65)c4)cc3)c3ccc4sc5ccccc5c4c3)ccc21. The van der Waals surface area contributed by atoms with Crippen LogP contribution in [-0.2, 0) is 5.41 Å². The number of anilines is 3. The fourth-order valence-electron chi connectivity index (χ4n) is 8.97. The van der Waals surface area contributed by atoms with E-state index >= 15 is 0 Å². The van der Waals surface area contributed by atoms with E-state index in [1.165, 1.54) is 85.9 Å². The van der Waals surface area contributed by atoms with Gasteiger partial charge in [0.1, 0.15) is 0 Å². The zero-order chi connectivity index (χ0) is 35.3. The fourth-order valence-corrected chi connectivity index (χ4v) is 10.1. The number of nitrogens with zero attached hydrogens (tertiary/aromatic N) is 1. The van der Waals surface area contributed by atoms with E-state index in [9.17, 15) is 0 Å². The third-order valence-electron chi connectivity index (χ3n) is 11.6. The standard InChI is InChI=1S/C51H35NS/c1-51(2)46-13-7-5-11-42(46)44-30-38(24-27-47(44)51)52(39-25-28-49-45(31-39)43-12-6-8-14-48(43)53-49)37-22-19-32(20-23-37)35-21-26-41-36(29-35)18-17-34-16-15-33-9-3-4-10-40(33)50(34)41/h3-31H,1-2H3. The zero-order valence-corrected chi connectivity index (χ0v) is 30.4. The molecule has 0 bridgehead atoms. The quantitative estimate of drug-likeness (QED) is 0.166. The Morgan fingerprint density at radius 1 is 0.396 bits per heavy atom. The van der Waals surface area contributed by atoms with Gasteiger partial charge in [0.2, 0.25) is 0 Å². The Hall–Kier alpha value is -6.22. The average molecular weight is 694 g/mol. The van der Waals surface area contributed by atoms with Crippen molar-refractivity contribution in [1.29, 1.82) is 0 Å². The molecule has 1 aromatic heterocycles. The van der Waals surface area contributed by atoms with Gasteiger partial charge < -0.3 is 4.90 Å². The summed E-state index contributed by atoms with van der Waals surface area (Å²) in [5, 5.41) is 10.4. The molecule has 1 nitrogen and oxygen atoms in total. The van der Waals surface area contributed by atoms with E-state index in [0.29, 0.717) is 0 Å². The topological polar surface area (TPSA) is 3.24 Å². The van der Waals surface area contributed by atoms with Crippen LogP contribution in [0.15, 0.2) is 176 Å². The Kier molecular flexibility index (Phi) is 6.53. The van der Waals surface area contributed by atoms with Gasteiger partial charge in [0.15, 0.2) is 0 Å². The lowest BCUT2D eigenvalue weighted by Gasteiger charge is -2.27. The van der Waals surface area contributed by atoms with E-state index < -0.39 is 0 Å². The van der Waals surface area contributed by atoms with Crippen molar-refractivity contribution >= 4 is 80.9 Å². The van der Waals surface area contributed by atoms with Crippen LogP contribution in [0, 0.1) is 0 Å². The van der Waals surface area contributed by atoms with Crippen molar-refractivity contribution < 1.29 is 0 Å². The van der Waals surface area contributed by atoms with Crippen molar-refractivity contribution in [3.05, 3.63) is 187 Å². The largest absolute Gasteiger partial charge is 0.310 e. The molecule has 0 saturated carbocycles. The minimum absolute atomic E-state index is 0.0370. The molecule has 53 heavy (non-hydrogen) atoms. The molecule has 2 heteroatoms. The fraction of sp³-hybridized carbons (Fsp3) is 0.0588. The third kappa shape index (κ3) is 4.62. The number of fused-ring (bicyclic) bond motifs is 11. The first kappa shape index (κ1) is 30.4. The lowest BCUT2D eigenvalue weighted by atomic mass is 9.82. The molecule has 1 heterocycles. The van der Waals surface area contributed by atoms with E-state index in [-0.39, 0.29) is 5.41 Å². The second kappa shape index (κ2) is 11.4. The normalized spacial score (nSPS) is 13.2. The molecule has 9 aromatic carbocycles.